The van der Waals surface area contributed by atoms with Gasteiger partial charge in [-0.25, -0.2) is 0 Å². The smallest absolute Gasteiger partial charge is 0.0705 e. The van der Waals surface area contributed by atoms with Gasteiger partial charge in [0, 0.05) is 6.54 Å². The molecular formula is C6H16Cl2N2O. The lowest BCUT2D eigenvalue weighted by atomic mass is 9.96. The van der Waals surface area contributed by atoms with Crippen LogP contribution in [-0.2, 0) is 0 Å². The largest absolute Gasteiger partial charge is 0.391 e. The molecule has 1 rings (SSSR count). The molecule has 0 aromatic carbocycles. The van der Waals surface area contributed by atoms with Crippen molar-refractivity contribution in [2.24, 2.45) is 11.7 Å². The fraction of sp³-hybridized carbons (Fsp3) is 1.00. The van der Waals surface area contributed by atoms with Gasteiger partial charge in [0.05, 0.1) is 6.10 Å². The summed E-state index contributed by atoms with van der Waals surface area (Å²) in [5, 5.41) is 12.3. The van der Waals surface area contributed by atoms with Crippen LogP contribution < -0.4 is 11.1 Å². The fourth-order valence-electron chi connectivity index (χ4n) is 1.17. The van der Waals surface area contributed by atoms with Gasteiger partial charge in [-0.05, 0) is 25.4 Å². The third-order valence-corrected chi connectivity index (χ3v) is 1.89. The fourth-order valence-corrected chi connectivity index (χ4v) is 1.17. The van der Waals surface area contributed by atoms with E-state index in [-0.39, 0.29) is 30.9 Å². The molecule has 0 saturated carbocycles. The molecule has 1 aliphatic rings. The Balaban J connectivity index is 0. The molecule has 70 valence electrons. The Morgan fingerprint density at radius 1 is 1.45 bits per heavy atom. The van der Waals surface area contributed by atoms with Crippen LogP contribution in [-0.4, -0.2) is 30.8 Å². The topological polar surface area (TPSA) is 58.3 Å². The first-order valence-corrected chi connectivity index (χ1v) is 3.43. The van der Waals surface area contributed by atoms with E-state index >= 15 is 0 Å². The number of piperidine rings is 1. The van der Waals surface area contributed by atoms with E-state index in [4.69, 9.17) is 5.73 Å². The molecule has 0 amide bonds. The third-order valence-electron chi connectivity index (χ3n) is 1.89. The molecule has 4 N–H and O–H groups in total. The van der Waals surface area contributed by atoms with Crippen LogP contribution in [0, 0.1) is 5.92 Å². The number of nitrogens with one attached hydrogen (secondary N) is 1. The van der Waals surface area contributed by atoms with Crippen LogP contribution in [0.25, 0.3) is 0 Å². The Labute approximate surface area is 79.5 Å². The molecule has 0 spiro atoms. The second-order valence-electron chi connectivity index (χ2n) is 2.56. The number of hydrogen-bond donors (Lipinski definition) is 3. The molecule has 3 nitrogen and oxygen atoms in total. The van der Waals surface area contributed by atoms with Gasteiger partial charge in [0.25, 0.3) is 0 Å². The molecule has 1 aliphatic heterocycles. The second-order valence-corrected chi connectivity index (χ2v) is 2.56. The molecule has 1 heterocycles. The number of hydrogen-bond acceptors (Lipinski definition) is 3. The minimum Gasteiger partial charge on any atom is -0.391 e. The van der Waals surface area contributed by atoms with Crippen LogP contribution in [0.5, 0.6) is 0 Å². The van der Waals surface area contributed by atoms with Gasteiger partial charge < -0.3 is 16.2 Å². The molecule has 0 unspecified atom stereocenters. The molecule has 2 atom stereocenters. The molecule has 0 radical (unpaired) electrons. The van der Waals surface area contributed by atoms with Gasteiger partial charge >= 0.3 is 0 Å². The van der Waals surface area contributed by atoms with Crippen LogP contribution in [0.15, 0.2) is 0 Å². The predicted octanol–water partition coefficient (Wildman–Crippen LogP) is -0.241. The maximum absolute atomic E-state index is 9.23. The number of aliphatic hydroxyl groups excluding tert-OH is 1. The number of β-amino-alcohol motifs (C(OH)–C–C–N with tert-alkyl or cyclic N) is 1. The summed E-state index contributed by atoms with van der Waals surface area (Å²) in [6.45, 7) is 2.32. The van der Waals surface area contributed by atoms with Crippen molar-refractivity contribution in [2.45, 2.75) is 12.5 Å². The Kier molecular flexibility index (Phi) is 9.08. The Morgan fingerprint density at radius 3 is 2.45 bits per heavy atom. The van der Waals surface area contributed by atoms with Crippen molar-refractivity contribution >= 4 is 24.8 Å². The monoisotopic (exact) mass is 202 g/mol. The van der Waals surface area contributed by atoms with E-state index in [1.165, 1.54) is 0 Å². The quantitative estimate of drug-likeness (QED) is 0.551. The first kappa shape index (κ1) is 14.0. The SMILES string of the molecule is Cl.Cl.NC[C@H]1CCNC[C@@H]1O. The van der Waals surface area contributed by atoms with E-state index in [0.29, 0.717) is 19.0 Å². The average Bonchev–Trinajstić information content (AvgIpc) is 1.89. The summed E-state index contributed by atoms with van der Waals surface area (Å²) < 4.78 is 0. The zero-order valence-electron chi connectivity index (χ0n) is 6.32. The Hall–Kier alpha value is 0.460. The van der Waals surface area contributed by atoms with Crippen molar-refractivity contribution in [3.63, 3.8) is 0 Å². The van der Waals surface area contributed by atoms with Crippen LogP contribution in [0.1, 0.15) is 6.42 Å². The molecule has 11 heavy (non-hydrogen) atoms. The molecule has 0 aromatic rings. The molecule has 0 aromatic heterocycles. The molecule has 5 heteroatoms. The zero-order valence-corrected chi connectivity index (χ0v) is 7.96. The zero-order chi connectivity index (χ0) is 6.69. The molecule has 1 saturated heterocycles. The number of rotatable bonds is 1. The van der Waals surface area contributed by atoms with Crippen LogP contribution in [0.2, 0.25) is 0 Å². The average molecular weight is 203 g/mol. The summed E-state index contributed by atoms with van der Waals surface area (Å²) in [6.07, 6.45) is 0.793. The Bertz CT molecular complexity index is 94.7. The van der Waals surface area contributed by atoms with Crippen molar-refractivity contribution in [2.75, 3.05) is 19.6 Å². The van der Waals surface area contributed by atoms with E-state index in [1.807, 2.05) is 0 Å². The summed E-state index contributed by atoms with van der Waals surface area (Å²) in [4.78, 5) is 0. The van der Waals surface area contributed by atoms with Crippen LogP contribution in [0.4, 0.5) is 0 Å². The van der Waals surface area contributed by atoms with Crippen molar-refractivity contribution in [3.8, 4) is 0 Å². The molecule has 0 aliphatic carbocycles. The van der Waals surface area contributed by atoms with Gasteiger partial charge in [-0.15, -0.1) is 24.8 Å². The normalized spacial score (nSPS) is 30.0. The summed E-state index contributed by atoms with van der Waals surface area (Å²) in [5.74, 6) is 0.325. The minimum atomic E-state index is -0.219. The number of nitrogens with two attached hydrogens (primary N) is 1. The van der Waals surface area contributed by atoms with E-state index in [2.05, 4.69) is 5.32 Å². The second kappa shape index (κ2) is 7.13. The van der Waals surface area contributed by atoms with Crippen molar-refractivity contribution in [1.29, 1.82) is 0 Å². The van der Waals surface area contributed by atoms with Gasteiger partial charge in [-0.2, -0.15) is 0 Å². The van der Waals surface area contributed by atoms with Crippen molar-refractivity contribution in [1.82, 2.24) is 5.32 Å². The Morgan fingerprint density at radius 2 is 2.09 bits per heavy atom. The first-order valence-electron chi connectivity index (χ1n) is 3.43. The predicted molar refractivity (Wildman–Crippen MR) is 50.5 cm³/mol. The highest BCUT2D eigenvalue weighted by molar-refractivity contribution is 5.85. The van der Waals surface area contributed by atoms with Gasteiger partial charge in [0.1, 0.15) is 0 Å². The van der Waals surface area contributed by atoms with E-state index in [1.54, 1.807) is 0 Å². The van der Waals surface area contributed by atoms with Crippen LogP contribution in [0.3, 0.4) is 0 Å². The van der Waals surface area contributed by atoms with Gasteiger partial charge in [-0.3, -0.25) is 0 Å². The maximum Gasteiger partial charge on any atom is 0.0705 e. The molecule has 0 bridgehead atoms. The van der Waals surface area contributed by atoms with Crippen molar-refractivity contribution < 1.29 is 5.11 Å². The minimum absolute atomic E-state index is 0. The number of aliphatic hydroxyl groups is 1. The summed E-state index contributed by atoms with van der Waals surface area (Å²) in [6, 6.07) is 0. The van der Waals surface area contributed by atoms with E-state index < -0.39 is 0 Å². The lowest BCUT2D eigenvalue weighted by Crippen LogP contribution is -2.43. The highest BCUT2D eigenvalue weighted by Gasteiger charge is 2.20. The summed E-state index contributed by atoms with van der Waals surface area (Å²) in [5.41, 5.74) is 5.41. The van der Waals surface area contributed by atoms with E-state index in [0.717, 1.165) is 13.0 Å². The van der Waals surface area contributed by atoms with Gasteiger partial charge in [-0.1, -0.05) is 0 Å². The van der Waals surface area contributed by atoms with Crippen LogP contribution >= 0.6 is 24.8 Å². The maximum atomic E-state index is 9.23. The first-order chi connectivity index (χ1) is 4.34. The van der Waals surface area contributed by atoms with Gasteiger partial charge in [0.15, 0.2) is 0 Å². The lowest BCUT2D eigenvalue weighted by Gasteiger charge is -2.26. The highest BCUT2D eigenvalue weighted by Crippen LogP contribution is 2.09. The molecule has 1 fully saturated rings. The van der Waals surface area contributed by atoms with Gasteiger partial charge in [0.2, 0.25) is 0 Å². The van der Waals surface area contributed by atoms with E-state index in [9.17, 15) is 5.11 Å². The van der Waals surface area contributed by atoms with Crippen molar-refractivity contribution in [3.05, 3.63) is 0 Å². The standard InChI is InChI=1S/C6H14N2O.2ClH/c7-3-5-1-2-8-4-6(5)9;;/h5-6,8-9H,1-4,7H2;2*1H/t5-,6+;;/m1../s1. The highest BCUT2D eigenvalue weighted by atomic mass is 35.5. The lowest BCUT2D eigenvalue weighted by molar-refractivity contribution is 0.0863. The summed E-state index contributed by atoms with van der Waals surface area (Å²) in [7, 11) is 0. The third kappa shape index (κ3) is 4.13. The molecular weight excluding hydrogens is 187 g/mol. The number of halogens is 2. The summed E-state index contributed by atoms with van der Waals surface area (Å²) >= 11 is 0.